The molecule has 0 N–H and O–H groups in total. The maximum atomic E-state index is 12.4. The Balaban J connectivity index is 2.42. The Hall–Kier alpha value is -1.79. The standard InChI is InChI=1S/C21H36O7/c1-7-21(5,6)18(23)26-13-12-25-17(22)16-11-9-8-10-15(16)14-27-19(24)28-20(2,3)4/h15-16H,7-14H2,1-6H3. The summed E-state index contributed by atoms with van der Waals surface area (Å²) in [5.41, 5.74) is -1.16. The van der Waals surface area contributed by atoms with Gasteiger partial charge in [0.15, 0.2) is 0 Å². The Bertz CT molecular complexity index is 533. The first kappa shape index (κ1) is 24.2. The Morgan fingerprint density at radius 3 is 2.11 bits per heavy atom. The minimum atomic E-state index is -0.726. The van der Waals surface area contributed by atoms with Crippen molar-refractivity contribution in [3.63, 3.8) is 0 Å². The molecule has 7 heteroatoms. The van der Waals surface area contributed by atoms with Gasteiger partial charge in [-0.25, -0.2) is 4.79 Å². The van der Waals surface area contributed by atoms with Gasteiger partial charge in [0, 0.05) is 5.92 Å². The number of hydrogen-bond acceptors (Lipinski definition) is 7. The second-order valence-corrected chi connectivity index (χ2v) is 8.97. The third kappa shape index (κ3) is 8.48. The third-order valence-electron chi connectivity index (χ3n) is 5.01. The van der Waals surface area contributed by atoms with Crippen LogP contribution >= 0.6 is 0 Å². The van der Waals surface area contributed by atoms with Crippen LogP contribution in [-0.2, 0) is 28.5 Å². The van der Waals surface area contributed by atoms with Crippen molar-refractivity contribution in [1.29, 1.82) is 0 Å². The highest BCUT2D eigenvalue weighted by molar-refractivity contribution is 5.76. The zero-order valence-electron chi connectivity index (χ0n) is 18.2. The smallest absolute Gasteiger partial charge is 0.462 e. The Morgan fingerprint density at radius 2 is 1.50 bits per heavy atom. The number of rotatable bonds is 8. The van der Waals surface area contributed by atoms with E-state index in [0.29, 0.717) is 12.8 Å². The quantitative estimate of drug-likeness (QED) is 0.341. The number of carbonyl (C=O) groups is 3. The second kappa shape index (κ2) is 10.7. The fourth-order valence-electron chi connectivity index (χ4n) is 2.90. The number of esters is 2. The Kier molecular flexibility index (Phi) is 9.24. The van der Waals surface area contributed by atoms with E-state index in [4.69, 9.17) is 18.9 Å². The van der Waals surface area contributed by atoms with Gasteiger partial charge in [-0.2, -0.15) is 0 Å². The van der Waals surface area contributed by atoms with Crippen LogP contribution in [0.2, 0.25) is 0 Å². The molecule has 0 heterocycles. The maximum absolute atomic E-state index is 12.4. The van der Waals surface area contributed by atoms with E-state index in [1.165, 1.54) is 0 Å². The minimum Gasteiger partial charge on any atom is -0.462 e. The predicted molar refractivity (Wildman–Crippen MR) is 104 cm³/mol. The monoisotopic (exact) mass is 400 g/mol. The van der Waals surface area contributed by atoms with E-state index in [9.17, 15) is 14.4 Å². The normalized spacial score (nSPS) is 20.2. The lowest BCUT2D eigenvalue weighted by Gasteiger charge is -2.29. The van der Waals surface area contributed by atoms with Gasteiger partial charge in [0.25, 0.3) is 0 Å². The molecule has 0 spiro atoms. The van der Waals surface area contributed by atoms with E-state index in [0.717, 1.165) is 19.3 Å². The molecule has 0 aromatic heterocycles. The first-order chi connectivity index (χ1) is 13.0. The number of carbonyl (C=O) groups excluding carboxylic acids is 3. The Labute approximate surface area is 168 Å². The van der Waals surface area contributed by atoms with Gasteiger partial charge in [-0.3, -0.25) is 9.59 Å². The number of ether oxygens (including phenoxy) is 4. The molecule has 0 amide bonds. The molecule has 0 saturated heterocycles. The van der Waals surface area contributed by atoms with Crippen LogP contribution in [0.15, 0.2) is 0 Å². The van der Waals surface area contributed by atoms with E-state index in [1.54, 1.807) is 20.8 Å². The summed E-state index contributed by atoms with van der Waals surface area (Å²) in [5, 5.41) is 0. The van der Waals surface area contributed by atoms with Crippen LogP contribution in [0.4, 0.5) is 4.79 Å². The van der Waals surface area contributed by atoms with Gasteiger partial charge < -0.3 is 18.9 Å². The van der Waals surface area contributed by atoms with Crippen LogP contribution in [0.3, 0.4) is 0 Å². The highest BCUT2D eigenvalue weighted by Gasteiger charge is 2.34. The summed E-state index contributed by atoms with van der Waals surface area (Å²) >= 11 is 0. The van der Waals surface area contributed by atoms with E-state index in [1.807, 2.05) is 20.8 Å². The highest BCUT2D eigenvalue weighted by atomic mass is 16.7. The van der Waals surface area contributed by atoms with E-state index < -0.39 is 17.2 Å². The van der Waals surface area contributed by atoms with Gasteiger partial charge in [-0.1, -0.05) is 19.8 Å². The molecule has 7 nitrogen and oxygen atoms in total. The fourth-order valence-corrected chi connectivity index (χ4v) is 2.90. The van der Waals surface area contributed by atoms with E-state index in [2.05, 4.69) is 0 Å². The summed E-state index contributed by atoms with van der Waals surface area (Å²) in [4.78, 5) is 36.1. The topological polar surface area (TPSA) is 88.1 Å². The van der Waals surface area contributed by atoms with Gasteiger partial charge >= 0.3 is 18.1 Å². The molecule has 2 atom stereocenters. The van der Waals surface area contributed by atoms with Crippen molar-refractivity contribution < 1.29 is 33.3 Å². The lowest BCUT2D eigenvalue weighted by molar-refractivity contribution is -0.162. The van der Waals surface area contributed by atoms with E-state index >= 15 is 0 Å². The summed E-state index contributed by atoms with van der Waals surface area (Å²) < 4.78 is 20.8. The van der Waals surface area contributed by atoms with Crippen molar-refractivity contribution in [2.24, 2.45) is 17.3 Å². The van der Waals surface area contributed by atoms with E-state index in [-0.39, 0.29) is 43.6 Å². The molecule has 1 aliphatic rings. The molecule has 0 bridgehead atoms. The molecule has 0 aliphatic heterocycles. The van der Waals surface area contributed by atoms with Crippen LogP contribution in [-0.4, -0.2) is 43.5 Å². The van der Waals surface area contributed by atoms with Gasteiger partial charge in [-0.05, 0) is 53.9 Å². The fraction of sp³-hybridized carbons (Fsp3) is 0.857. The molecule has 0 radical (unpaired) electrons. The summed E-state index contributed by atoms with van der Waals surface area (Å²) in [6.45, 7) is 11.1. The molecule has 1 saturated carbocycles. The van der Waals surface area contributed by atoms with Gasteiger partial charge in [0.1, 0.15) is 18.8 Å². The van der Waals surface area contributed by atoms with Gasteiger partial charge in [0.05, 0.1) is 17.9 Å². The minimum absolute atomic E-state index is 0.0283. The summed E-state index contributed by atoms with van der Waals surface area (Å²) in [6.07, 6.45) is 3.35. The van der Waals surface area contributed by atoms with Crippen molar-refractivity contribution in [2.45, 2.75) is 79.2 Å². The molecule has 0 aromatic carbocycles. The van der Waals surface area contributed by atoms with Crippen molar-refractivity contribution in [3.05, 3.63) is 0 Å². The summed E-state index contributed by atoms with van der Waals surface area (Å²) in [5.74, 6) is -1.04. The third-order valence-corrected chi connectivity index (χ3v) is 5.01. The summed E-state index contributed by atoms with van der Waals surface area (Å²) in [7, 11) is 0. The first-order valence-electron chi connectivity index (χ1n) is 10.2. The molecule has 162 valence electrons. The molecule has 1 rings (SSSR count). The predicted octanol–water partition coefficient (Wildman–Crippen LogP) is 4.27. The van der Waals surface area contributed by atoms with Crippen LogP contribution in [0.5, 0.6) is 0 Å². The van der Waals surface area contributed by atoms with Crippen LogP contribution < -0.4 is 0 Å². The second-order valence-electron chi connectivity index (χ2n) is 8.97. The van der Waals surface area contributed by atoms with Gasteiger partial charge in [0.2, 0.25) is 0 Å². The maximum Gasteiger partial charge on any atom is 0.508 e. The molecule has 1 fully saturated rings. The van der Waals surface area contributed by atoms with Crippen LogP contribution in [0, 0.1) is 17.3 Å². The zero-order valence-corrected chi connectivity index (χ0v) is 18.2. The lowest BCUT2D eigenvalue weighted by Crippen LogP contribution is -2.34. The molecule has 28 heavy (non-hydrogen) atoms. The van der Waals surface area contributed by atoms with Crippen LogP contribution in [0.1, 0.15) is 73.6 Å². The largest absolute Gasteiger partial charge is 0.508 e. The Morgan fingerprint density at radius 1 is 0.893 bits per heavy atom. The average Bonchev–Trinajstić information content (AvgIpc) is 2.61. The first-order valence-corrected chi connectivity index (χ1v) is 10.2. The summed E-state index contributed by atoms with van der Waals surface area (Å²) in [6, 6.07) is 0. The number of hydrogen-bond donors (Lipinski definition) is 0. The van der Waals surface area contributed by atoms with Crippen molar-refractivity contribution in [3.8, 4) is 0 Å². The SMILES string of the molecule is CCC(C)(C)C(=O)OCCOC(=O)C1CCCCC1COC(=O)OC(C)(C)C. The van der Waals surface area contributed by atoms with Gasteiger partial charge in [-0.15, -0.1) is 0 Å². The lowest BCUT2D eigenvalue weighted by atomic mass is 9.80. The molecule has 0 aromatic rings. The van der Waals surface area contributed by atoms with Crippen LogP contribution in [0.25, 0.3) is 0 Å². The molecule has 1 aliphatic carbocycles. The molecular formula is C21H36O7. The highest BCUT2D eigenvalue weighted by Crippen LogP contribution is 2.31. The molecule has 2 unspecified atom stereocenters. The zero-order chi connectivity index (χ0) is 21.4. The van der Waals surface area contributed by atoms with Crippen molar-refractivity contribution in [2.75, 3.05) is 19.8 Å². The van der Waals surface area contributed by atoms with Crippen molar-refractivity contribution >= 4 is 18.1 Å². The van der Waals surface area contributed by atoms with Crippen molar-refractivity contribution in [1.82, 2.24) is 0 Å². The average molecular weight is 401 g/mol. The molecular weight excluding hydrogens is 364 g/mol.